The van der Waals surface area contributed by atoms with Gasteiger partial charge in [0.05, 0.1) is 0 Å². The summed E-state index contributed by atoms with van der Waals surface area (Å²) in [6.07, 6.45) is 5.45. The van der Waals surface area contributed by atoms with Gasteiger partial charge in [-0.05, 0) is 37.1 Å². The molecule has 0 aliphatic heterocycles. The van der Waals surface area contributed by atoms with Crippen molar-refractivity contribution in [3.63, 3.8) is 0 Å². The number of hydrogen-bond acceptors (Lipinski definition) is 1. The molecule has 0 aliphatic carbocycles. The fraction of sp³-hybridized carbons (Fsp3) is 0.600. The molecular formula is C15H24S. The summed E-state index contributed by atoms with van der Waals surface area (Å²) in [5.74, 6) is 2.14. The number of unbranched alkanes of at least 4 members (excludes halogenated alkanes) is 1. The van der Waals surface area contributed by atoms with Crippen LogP contribution >= 0.6 is 11.8 Å². The lowest BCUT2D eigenvalue weighted by Crippen LogP contribution is -1.96. The predicted octanol–water partition coefficient (Wildman–Crippen LogP) is 5.30. The van der Waals surface area contributed by atoms with Gasteiger partial charge in [-0.1, -0.05) is 50.8 Å². The van der Waals surface area contributed by atoms with Crippen molar-refractivity contribution < 1.29 is 0 Å². The van der Waals surface area contributed by atoms with Crippen LogP contribution in [0.5, 0.6) is 0 Å². The van der Waals surface area contributed by atoms with E-state index in [0.29, 0.717) is 0 Å². The lowest BCUT2D eigenvalue weighted by molar-refractivity contribution is 0.495. The molecule has 0 heterocycles. The summed E-state index contributed by atoms with van der Waals surface area (Å²) in [6, 6.07) is 8.86. The summed E-state index contributed by atoms with van der Waals surface area (Å²) >= 11 is 1.99. The Bertz CT molecular complexity index is 276. The zero-order valence-corrected chi connectivity index (χ0v) is 11.6. The second-order valence-electron chi connectivity index (χ2n) is 4.70. The van der Waals surface area contributed by atoms with Crippen molar-refractivity contribution in [2.75, 3.05) is 5.75 Å². The normalized spacial score (nSPS) is 12.7. The molecule has 0 amide bonds. The Morgan fingerprint density at radius 3 is 2.44 bits per heavy atom. The zero-order valence-electron chi connectivity index (χ0n) is 10.8. The van der Waals surface area contributed by atoms with Crippen molar-refractivity contribution in [3.05, 3.63) is 29.8 Å². The van der Waals surface area contributed by atoms with Gasteiger partial charge in [0.15, 0.2) is 0 Å². The van der Waals surface area contributed by atoms with Gasteiger partial charge in [-0.2, -0.15) is 0 Å². The highest BCUT2D eigenvalue weighted by atomic mass is 32.2. The van der Waals surface area contributed by atoms with Gasteiger partial charge in [0.2, 0.25) is 0 Å². The first kappa shape index (κ1) is 13.6. The van der Waals surface area contributed by atoms with Gasteiger partial charge in [-0.25, -0.2) is 0 Å². The van der Waals surface area contributed by atoms with Crippen LogP contribution in [0.4, 0.5) is 0 Å². The number of aryl methyl sites for hydroxylation is 1. The number of thioether (sulfide) groups is 1. The third-order valence-corrected chi connectivity index (χ3v) is 4.00. The minimum atomic E-state index is 0.887. The second-order valence-corrected chi connectivity index (χ2v) is 5.87. The first-order chi connectivity index (χ1) is 7.72. The van der Waals surface area contributed by atoms with E-state index in [-0.39, 0.29) is 0 Å². The molecule has 0 spiro atoms. The van der Waals surface area contributed by atoms with Gasteiger partial charge >= 0.3 is 0 Å². The summed E-state index contributed by atoms with van der Waals surface area (Å²) in [7, 11) is 0. The summed E-state index contributed by atoms with van der Waals surface area (Å²) in [4.78, 5) is 1.41. The topological polar surface area (TPSA) is 0 Å². The van der Waals surface area contributed by atoms with Crippen molar-refractivity contribution in [2.45, 2.75) is 51.3 Å². The maximum Gasteiger partial charge on any atom is 0.00721 e. The molecule has 1 aromatic carbocycles. The predicted molar refractivity (Wildman–Crippen MR) is 75.2 cm³/mol. The third-order valence-electron chi connectivity index (χ3n) is 2.95. The Morgan fingerprint density at radius 2 is 1.81 bits per heavy atom. The van der Waals surface area contributed by atoms with Crippen LogP contribution < -0.4 is 0 Å². The highest BCUT2D eigenvalue weighted by Crippen LogP contribution is 2.22. The molecule has 0 fully saturated rings. The smallest absolute Gasteiger partial charge is 0.00721 e. The molecule has 90 valence electrons. The van der Waals surface area contributed by atoms with Crippen molar-refractivity contribution >= 4 is 11.8 Å². The van der Waals surface area contributed by atoms with E-state index in [4.69, 9.17) is 0 Å². The largest absolute Gasteiger partial charge is 0.126 e. The molecule has 0 aliphatic rings. The van der Waals surface area contributed by atoms with Gasteiger partial charge in [0.25, 0.3) is 0 Å². The summed E-state index contributed by atoms with van der Waals surface area (Å²) < 4.78 is 0. The van der Waals surface area contributed by atoms with E-state index >= 15 is 0 Å². The lowest BCUT2D eigenvalue weighted by atomic mass is 10.0. The van der Waals surface area contributed by atoms with Gasteiger partial charge in [0.1, 0.15) is 0 Å². The average molecular weight is 236 g/mol. The quantitative estimate of drug-likeness (QED) is 0.579. The molecule has 1 unspecified atom stereocenters. The third kappa shape index (κ3) is 5.60. The van der Waals surface area contributed by atoms with Crippen LogP contribution in [-0.4, -0.2) is 5.75 Å². The Hall–Kier alpha value is -0.430. The maximum atomic E-state index is 2.38. The van der Waals surface area contributed by atoms with Gasteiger partial charge in [-0.3, -0.25) is 0 Å². The summed E-state index contributed by atoms with van der Waals surface area (Å²) in [6.45, 7) is 6.79. The van der Waals surface area contributed by atoms with Crippen LogP contribution in [-0.2, 0) is 0 Å². The summed E-state index contributed by atoms with van der Waals surface area (Å²) in [5, 5.41) is 0. The monoisotopic (exact) mass is 236 g/mol. The van der Waals surface area contributed by atoms with E-state index in [0.717, 1.165) is 5.92 Å². The first-order valence-corrected chi connectivity index (χ1v) is 7.40. The zero-order chi connectivity index (χ0) is 11.8. The molecule has 0 N–H and O–H groups in total. The lowest BCUT2D eigenvalue weighted by Gasteiger charge is -2.10. The van der Waals surface area contributed by atoms with Gasteiger partial charge in [-0.15, -0.1) is 11.8 Å². The average Bonchev–Trinajstić information content (AvgIpc) is 2.29. The maximum absolute atomic E-state index is 2.38. The number of hydrogen-bond donors (Lipinski definition) is 0. The Labute approximate surface area is 105 Å². The van der Waals surface area contributed by atoms with Crippen LogP contribution in [0.15, 0.2) is 29.2 Å². The van der Waals surface area contributed by atoms with Crippen LogP contribution in [0.3, 0.4) is 0 Å². The molecule has 0 saturated heterocycles. The number of rotatable bonds is 7. The van der Waals surface area contributed by atoms with Crippen LogP contribution in [0.25, 0.3) is 0 Å². The Balaban J connectivity index is 2.17. The minimum absolute atomic E-state index is 0.887. The standard InChI is InChI=1S/C15H24S/c1-4-5-6-13(2)11-12-16-15-9-7-14(3)8-10-15/h7-10,13H,4-6,11-12H2,1-3H3. The second kappa shape index (κ2) is 7.78. The fourth-order valence-electron chi connectivity index (χ4n) is 1.71. The van der Waals surface area contributed by atoms with Crippen molar-refractivity contribution in [1.82, 2.24) is 0 Å². The highest BCUT2D eigenvalue weighted by Gasteiger charge is 2.01. The molecule has 1 aromatic rings. The summed E-state index contributed by atoms with van der Waals surface area (Å²) in [5.41, 5.74) is 1.35. The van der Waals surface area contributed by atoms with Crippen molar-refractivity contribution in [1.29, 1.82) is 0 Å². The molecule has 0 aromatic heterocycles. The van der Waals surface area contributed by atoms with E-state index in [1.807, 2.05) is 11.8 Å². The molecule has 0 radical (unpaired) electrons. The van der Waals surface area contributed by atoms with E-state index in [9.17, 15) is 0 Å². The molecular weight excluding hydrogens is 212 g/mol. The molecule has 16 heavy (non-hydrogen) atoms. The van der Waals surface area contributed by atoms with E-state index in [2.05, 4.69) is 45.0 Å². The van der Waals surface area contributed by atoms with E-state index in [1.54, 1.807) is 0 Å². The molecule has 1 atom stereocenters. The van der Waals surface area contributed by atoms with Crippen LogP contribution in [0.1, 0.15) is 45.1 Å². The molecule has 0 nitrogen and oxygen atoms in total. The number of benzene rings is 1. The van der Waals surface area contributed by atoms with Crippen LogP contribution in [0, 0.1) is 12.8 Å². The van der Waals surface area contributed by atoms with Crippen molar-refractivity contribution in [2.24, 2.45) is 5.92 Å². The van der Waals surface area contributed by atoms with Crippen LogP contribution in [0.2, 0.25) is 0 Å². The van der Waals surface area contributed by atoms with Gasteiger partial charge in [0, 0.05) is 4.90 Å². The Kier molecular flexibility index (Phi) is 6.63. The molecule has 1 rings (SSSR count). The fourth-order valence-corrected chi connectivity index (χ4v) is 2.79. The Morgan fingerprint density at radius 1 is 1.12 bits per heavy atom. The first-order valence-electron chi connectivity index (χ1n) is 6.42. The van der Waals surface area contributed by atoms with E-state index in [1.165, 1.54) is 41.9 Å². The molecule has 0 bridgehead atoms. The minimum Gasteiger partial charge on any atom is -0.126 e. The SMILES string of the molecule is CCCCC(C)CCSc1ccc(C)cc1. The molecule has 1 heteroatoms. The highest BCUT2D eigenvalue weighted by molar-refractivity contribution is 7.99. The van der Waals surface area contributed by atoms with E-state index < -0.39 is 0 Å². The van der Waals surface area contributed by atoms with Gasteiger partial charge < -0.3 is 0 Å². The molecule has 0 saturated carbocycles. The van der Waals surface area contributed by atoms with Crippen molar-refractivity contribution in [3.8, 4) is 0 Å².